The van der Waals surface area contributed by atoms with Gasteiger partial charge in [-0.1, -0.05) is 12.2 Å². The lowest BCUT2D eigenvalue weighted by Crippen LogP contribution is -2.43. The van der Waals surface area contributed by atoms with Gasteiger partial charge in [0.05, 0.1) is 12.7 Å². The van der Waals surface area contributed by atoms with Crippen molar-refractivity contribution >= 4 is 27.9 Å². The second kappa shape index (κ2) is 5.24. The van der Waals surface area contributed by atoms with Crippen LogP contribution in [0.3, 0.4) is 0 Å². The topological polar surface area (TPSA) is 87.5 Å². The van der Waals surface area contributed by atoms with Gasteiger partial charge in [-0.2, -0.15) is 0 Å². The van der Waals surface area contributed by atoms with Crippen molar-refractivity contribution in [2.24, 2.45) is 0 Å². The van der Waals surface area contributed by atoms with Crippen molar-refractivity contribution < 1.29 is 14.9 Å². The van der Waals surface area contributed by atoms with Crippen LogP contribution in [0.25, 0.3) is 0 Å². The van der Waals surface area contributed by atoms with E-state index in [0.29, 0.717) is 18.4 Å². The van der Waals surface area contributed by atoms with Crippen LogP contribution in [0.2, 0.25) is 0 Å². The number of hydrogen-bond donors (Lipinski definition) is 3. The Morgan fingerprint density at radius 3 is 2.79 bits per heavy atom. The van der Waals surface area contributed by atoms with Gasteiger partial charge in [0, 0.05) is 17.2 Å². The van der Waals surface area contributed by atoms with Crippen molar-refractivity contribution in [2.75, 3.05) is 0 Å². The predicted molar refractivity (Wildman–Crippen MR) is 77.0 cm³/mol. The maximum atomic E-state index is 11.9. The lowest BCUT2D eigenvalue weighted by atomic mass is 9.61. The first-order valence-corrected chi connectivity index (χ1v) is 6.57. The summed E-state index contributed by atoms with van der Waals surface area (Å²) in [5, 5.41) is 18.1. The normalized spacial score (nSPS) is 23.7. The van der Waals surface area contributed by atoms with Crippen molar-refractivity contribution in [2.45, 2.75) is 37.2 Å². The van der Waals surface area contributed by atoms with E-state index >= 15 is 0 Å². The summed E-state index contributed by atoms with van der Waals surface area (Å²) in [5.74, 6) is 0. The molecule has 0 aliphatic carbocycles. The SMILES string of the molecule is BC(B)(O)C1CCC(n2cc(CO)c(=S)[nH]c2=O)O1. The fourth-order valence-electron chi connectivity index (χ4n) is 2.20. The first-order chi connectivity index (χ1) is 8.82. The zero-order valence-electron chi connectivity index (χ0n) is 10.9. The van der Waals surface area contributed by atoms with E-state index in [1.807, 2.05) is 0 Å². The van der Waals surface area contributed by atoms with Crippen LogP contribution in [-0.4, -0.2) is 47.0 Å². The number of aliphatic hydroxyl groups excluding tert-OH is 1. The third-order valence-corrected chi connectivity index (χ3v) is 3.67. The Morgan fingerprint density at radius 1 is 1.58 bits per heavy atom. The van der Waals surface area contributed by atoms with Crippen molar-refractivity contribution in [3.05, 3.63) is 26.9 Å². The Bertz CT molecular complexity index is 580. The van der Waals surface area contributed by atoms with Gasteiger partial charge in [-0.05, 0) is 12.8 Å². The highest BCUT2D eigenvalue weighted by Crippen LogP contribution is 2.31. The zero-order chi connectivity index (χ0) is 14.2. The maximum Gasteiger partial charge on any atom is 0.328 e. The van der Waals surface area contributed by atoms with E-state index in [1.54, 1.807) is 15.7 Å². The van der Waals surface area contributed by atoms with Crippen LogP contribution in [0.4, 0.5) is 0 Å². The average molecular weight is 282 g/mol. The lowest BCUT2D eigenvalue weighted by Gasteiger charge is -2.26. The highest BCUT2D eigenvalue weighted by atomic mass is 32.1. The number of H-pyrrole nitrogens is 1. The highest BCUT2D eigenvalue weighted by molar-refractivity contribution is 7.71. The van der Waals surface area contributed by atoms with Gasteiger partial charge in [-0.3, -0.25) is 9.55 Å². The summed E-state index contributed by atoms with van der Waals surface area (Å²) in [7, 11) is 3.36. The summed E-state index contributed by atoms with van der Waals surface area (Å²) in [6.45, 7) is -0.239. The minimum absolute atomic E-state index is 0.237. The molecule has 1 saturated heterocycles. The molecule has 2 rings (SSSR count). The molecule has 3 N–H and O–H groups in total. The molecular formula is C10H16B2N2O4S. The van der Waals surface area contributed by atoms with Crippen molar-refractivity contribution in [1.82, 2.24) is 9.55 Å². The third-order valence-electron chi connectivity index (χ3n) is 3.31. The van der Waals surface area contributed by atoms with Gasteiger partial charge >= 0.3 is 5.69 Å². The molecule has 0 aromatic carbocycles. The number of aromatic amines is 1. The number of ether oxygens (including phenoxy) is 1. The highest BCUT2D eigenvalue weighted by Gasteiger charge is 2.36. The molecule has 19 heavy (non-hydrogen) atoms. The van der Waals surface area contributed by atoms with Crippen LogP contribution in [0.15, 0.2) is 11.0 Å². The van der Waals surface area contributed by atoms with Crippen LogP contribution in [0, 0.1) is 4.64 Å². The molecule has 0 spiro atoms. The summed E-state index contributed by atoms with van der Waals surface area (Å²) in [6, 6.07) is 0. The molecule has 2 heterocycles. The van der Waals surface area contributed by atoms with E-state index in [0.717, 1.165) is 0 Å². The number of rotatable bonds is 3. The smallest absolute Gasteiger partial charge is 0.328 e. The number of hydrogen-bond acceptors (Lipinski definition) is 5. The maximum absolute atomic E-state index is 11.9. The summed E-state index contributed by atoms with van der Waals surface area (Å²) < 4.78 is 7.33. The Kier molecular flexibility index (Phi) is 4.00. The van der Waals surface area contributed by atoms with E-state index in [4.69, 9.17) is 17.0 Å². The molecule has 1 fully saturated rings. The molecule has 102 valence electrons. The van der Waals surface area contributed by atoms with Crippen molar-refractivity contribution in [3.63, 3.8) is 0 Å². The van der Waals surface area contributed by atoms with Gasteiger partial charge in [0.25, 0.3) is 0 Å². The molecule has 0 amide bonds. The molecule has 0 saturated carbocycles. The van der Waals surface area contributed by atoms with E-state index in [-0.39, 0.29) is 23.0 Å². The molecule has 0 radical (unpaired) electrons. The van der Waals surface area contributed by atoms with Gasteiger partial charge in [-0.15, -0.1) is 0 Å². The number of aromatic nitrogens is 2. The predicted octanol–water partition coefficient (Wildman–Crippen LogP) is -2.01. The minimum Gasteiger partial charge on any atom is -0.405 e. The zero-order valence-corrected chi connectivity index (χ0v) is 11.7. The van der Waals surface area contributed by atoms with Crippen LogP contribution in [-0.2, 0) is 11.3 Å². The number of nitrogens with zero attached hydrogens (tertiary/aromatic N) is 1. The fourth-order valence-corrected chi connectivity index (χ4v) is 2.40. The molecule has 1 aliphatic rings. The van der Waals surface area contributed by atoms with Crippen LogP contribution < -0.4 is 5.69 Å². The largest absolute Gasteiger partial charge is 0.405 e. The Labute approximate surface area is 117 Å². The molecule has 9 heteroatoms. The third kappa shape index (κ3) is 3.00. The molecule has 1 aliphatic heterocycles. The molecule has 0 bridgehead atoms. The van der Waals surface area contributed by atoms with E-state index < -0.39 is 11.6 Å². The quantitative estimate of drug-likeness (QED) is 0.440. The van der Waals surface area contributed by atoms with Crippen molar-refractivity contribution in [3.8, 4) is 0 Å². The summed E-state index contributed by atoms with van der Waals surface area (Å²) in [5.41, 5.74) is 0.105. The second-order valence-electron chi connectivity index (χ2n) is 5.29. The molecule has 6 nitrogen and oxygen atoms in total. The molecule has 1 aromatic rings. The Morgan fingerprint density at radius 2 is 2.26 bits per heavy atom. The standard InChI is InChI=1S/C10H16B2N2O4S/c11-10(12,17)6-1-2-7(18-6)14-3-5(4-15)8(19)13-9(14)16/h3,6-7,15,17H,1-2,4,11-12H2,(H,13,16,19). The monoisotopic (exact) mass is 282 g/mol. The molecular weight excluding hydrogens is 266 g/mol. The first-order valence-electron chi connectivity index (χ1n) is 6.16. The summed E-state index contributed by atoms with van der Waals surface area (Å²) in [4.78, 5) is 14.4. The van der Waals surface area contributed by atoms with Gasteiger partial charge in [-0.25, -0.2) is 4.79 Å². The van der Waals surface area contributed by atoms with Gasteiger partial charge < -0.3 is 14.9 Å². The van der Waals surface area contributed by atoms with Gasteiger partial charge in [0.1, 0.15) is 26.6 Å². The van der Waals surface area contributed by atoms with Gasteiger partial charge in [0.2, 0.25) is 0 Å². The number of nitrogens with one attached hydrogen (secondary N) is 1. The second-order valence-corrected chi connectivity index (χ2v) is 5.70. The van der Waals surface area contributed by atoms with Gasteiger partial charge in [0.15, 0.2) is 0 Å². The van der Waals surface area contributed by atoms with E-state index in [9.17, 15) is 15.0 Å². The Hall–Kier alpha value is -0.890. The average Bonchev–Trinajstić information content (AvgIpc) is 2.78. The summed E-state index contributed by atoms with van der Waals surface area (Å²) in [6.07, 6.45) is 2.05. The molecule has 2 atom stereocenters. The van der Waals surface area contributed by atoms with Crippen LogP contribution in [0.5, 0.6) is 0 Å². The summed E-state index contributed by atoms with van der Waals surface area (Å²) >= 11 is 4.95. The molecule has 2 unspecified atom stereocenters. The number of aliphatic hydroxyl groups is 2. The first kappa shape index (κ1) is 14.5. The van der Waals surface area contributed by atoms with Crippen LogP contribution in [0.1, 0.15) is 24.6 Å². The lowest BCUT2D eigenvalue weighted by molar-refractivity contribution is -0.0504. The Balaban J connectivity index is 2.30. The molecule has 1 aromatic heterocycles. The van der Waals surface area contributed by atoms with Crippen molar-refractivity contribution in [1.29, 1.82) is 0 Å². The van der Waals surface area contributed by atoms with E-state index in [1.165, 1.54) is 10.8 Å². The fraction of sp³-hybridized carbons (Fsp3) is 0.600. The van der Waals surface area contributed by atoms with E-state index in [2.05, 4.69) is 4.98 Å². The van der Waals surface area contributed by atoms with Crippen LogP contribution >= 0.6 is 12.2 Å². The minimum atomic E-state index is -0.945.